The summed E-state index contributed by atoms with van der Waals surface area (Å²) in [6.07, 6.45) is -1.02. The van der Waals surface area contributed by atoms with Crippen molar-refractivity contribution in [2.45, 2.75) is 51.5 Å². The van der Waals surface area contributed by atoms with Gasteiger partial charge in [-0.25, -0.2) is 4.90 Å². The van der Waals surface area contributed by atoms with Crippen molar-refractivity contribution in [2.75, 3.05) is 4.90 Å². The van der Waals surface area contributed by atoms with E-state index in [-0.39, 0.29) is 11.8 Å². The van der Waals surface area contributed by atoms with E-state index in [1.807, 2.05) is 65.4 Å². The predicted molar refractivity (Wildman–Crippen MR) is 149 cm³/mol. The van der Waals surface area contributed by atoms with Crippen LogP contribution in [0.4, 0.5) is 5.69 Å². The van der Waals surface area contributed by atoms with E-state index in [0.717, 1.165) is 9.75 Å². The van der Waals surface area contributed by atoms with E-state index < -0.39 is 40.7 Å². The first-order valence-electron chi connectivity index (χ1n) is 11.8. The molecule has 5 nitrogen and oxygen atoms in total. The summed E-state index contributed by atoms with van der Waals surface area (Å²) >= 11 is 3.14. The standard InChI is InChI=1S/C26H33NO4S2Si2/c1-34(2,3)30-23(19-14-10-16-32-19)21-22(24(31-35(4,5)6)20-15-11-17-33-20)26(29)27(25(21)28)18-12-8-7-9-13-18/h7-17,21-24H,1-6H3/t21-,22-,23?,24?/m0/s1. The van der Waals surface area contributed by atoms with Gasteiger partial charge in [-0.3, -0.25) is 9.59 Å². The summed E-state index contributed by atoms with van der Waals surface area (Å²) in [7, 11) is -4.16. The van der Waals surface area contributed by atoms with E-state index in [0.29, 0.717) is 5.69 Å². The Morgan fingerprint density at radius 3 is 1.46 bits per heavy atom. The van der Waals surface area contributed by atoms with Gasteiger partial charge in [0.25, 0.3) is 0 Å². The molecule has 3 heterocycles. The summed E-state index contributed by atoms with van der Waals surface area (Å²) in [5.41, 5.74) is 0.589. The average molecular weight is 544 g/mol. The number of benzene rings is 1. The van der Waals surface area contributed by atoms with Gasteiger partial charge in [0, 0.05) is 9.75 Å². The van der Waals surface area contributed by atoms with Gasteiger partial charge in [0.15, 0.2) is 16.6 Å². The Balaban J connectivity index is 1.89. The van der Waals surface area contributed by atoms with Crippen LogP contribution in [0.1, 0.15) is 22.0 Å². The van der Waals surface area contributed by atoms with Crippen LogP contribution in [0, 0.1) is 11.8 Å². The van der Waals surface area contributed by atoms with Gasteiger partial charge >= 0.3 is 0 Å². The minimum atomic E-state index is -2.08. The topological polar surface area (TPSA) is 55.8 Å². The van der Waals surface area contributed by atoms with Crippen molar-refractivity contribution in [3.8, 4) is 0 Å². The van der Waals surface area contributed by atoms with Gasteiger partial charge in [0.05, 0.1) is 29.7 Å². The number of hydrogen-bond acceptors (Lipinski definition) is 6. The van der Waals surface area contributed by atoms with Crippen LogP contribution in [-0.2, 0) is 18.4 Å². The predicted octanol–water partition coefficient (Wildman–Crippen LogP) is 7.10. The number of imide groups is 1. The number of rotatable bonds is 9. The number of carbonyl (C=O) groups is 2. The number of anilines is 1. The van der Waals surface area contributed by atoms with Crippen molar-refractivity contribution in [3.05, 3.63) is 75.1 Å². The van der Waals surface area contributed by atoms with E-state index in [1.165, 1.54) is 4.90 Å². The molecular weight excluding hydrogens is 511 g/mol. The highest BCUT2D eigenvalue weighted by Gasteiger charge is 2.57. The highest BCUT2D eigenvalue weighted by molar-refractivity contribution is 7.10. The zero-order valence-electron chi connectivity index (χ0n) is 21.1. The highest BCUT2D eigenvalue weighted by Crippen LogP contribution is 2.49. The minimum absolute atomic E-state index is 0.219. The molecule has 0 spiro atoms. The summed E-state index contributed by atoms with van der Waals surface area (Å²) in [5, 5.41) is 3.99. The van der Waals surface area contributed by atoms with Crippen LogP contribution in [0.2, 0.25) is 39.3 Å². The number of nitrogens with zero attached hydrogens (tertiary/aromatic N) is 1. The monoisotopic (exact) mass is 543 g/mol. The molecule has 0 saturated carbocycles. The minimum Gasteiger partial charge on any atom is -0.409 e. The van der Waals surface area contributed by atoms with Crippen molar-refractivity contribution in [1.29, 1.82) is 0 Å². The van der Waals surface area contributed by atoms with Crippen LogP contribution in [0.25, 0.3) is 0 Å². The van der Waals surface area contributed by atoms with Crippen LogP contribution in [0.15, 0.2) is 65.4 Å². The molecule has 1 aromatic carbocycles. The fourth-order valence-electron chi connectivity index (χ4n) is 4.47. The van der Waals surface area contributed by atoms with E-state index in [2.05, 4.69) is 39.3 Å². The third-order valence-electron chi connectivity index (χ3n) is 5.67. The molecule has 1 saturated heterocycles. The lowest BCUT2D eigenvalue weighted by Gasteiger charge is -2.35. The maximum Gasteiger partial charge on any atom is 0.240 e. The lowest BCUT2D eigenvalue weighted by Crippen LogP contribution is -2.39. The smallest absolute Gasteiger partial charge is 0.240 e. The van der Waals surface area contributed by atoms with Crippen molar-refractivity contribution in [3.63, 3.8) is 0 Å². The van der Waals surface area contributed by atoms with Gasteiger partial charge in [-0.2, -0.15) is 0 Å². The Labute approximate surface area is 218 Å². The van der Waals surface area contributed by atoms with Gasteiger partial charge in [0.2, 0.25) is 11.8 Å². The Morgan fingerprint density at radius 1 is 0.686 bits per heavy atom. The molecule has 186 valence electrons. The molecule has 2 unspecified atom stereocenters. The first-order chi connectivity index (χ1) is 16.5. The molecule has 0 bridgehead atoms. The summed E-state index contributed by atoms with van der Waals surface area (Å²) in [6, 6.07) is 17.2. The lowest BCUT2D eigenvalue weighted by atomic mass is 9.84. The van der Waals surface area contributed by atoms with Crippen molar-refractivity contribution >= 4 is 56.8 Å². The van der Waals surface area contributed by atoms with Crippen molar-refractivity contribution in [1.82, 2.24) is 0 Å². The molecule has 4 rings (SSSR count). The van der Waals surface area contributed by atoms with E-state index in [4.69, 9.17) is 8.85 Å². The molecule has 0 N–H and O–H groups in total. The molecule has 0 radical (unpaired) electrons. The second kappa shape index (κ2) is 10.2. The van der Waals surface area contributed by atoms with Crippen molar-refractivity contribution < 1.29 is 18.4 Å². The Bertz CT molecular complexity index is 1070. The molecule has 2 aromatic heterocycles. The zero-order valence-corrected chi connectivity index (χ0v) is 24.7. The van der Waals surface area contributed by atoms with E-state index in [1.54, 1.807) is 22.7 Å². The number of carbonyl (C=O) groups excluding carboxylic acids is 2. The molecule has 2 amide bonds. The number of thiophene rings is 2. The normalized spacial score (nSPS) is 20.9. The molecule has 1 aliphatic rings. The molecule has 4 atom stereocenters. The summed E-state index contributed by atoms with van der Waals surface area (Å²) in [5.74, 6) is -1.81. The fraction of sp³-hybridized carbons (Fsp3) is 0.385. The van der Waals surface area contributed by atoms with E-state index >= 15 is 0 Å². The summed E-state index contributed by atoms with van der Waals surface area (Å²) < 4.78 is 13.4. The van der Waals surface area contributed by atoms with Crippen LogP contribution < -0.4 is 4.90 Å². The number of amides is 2. The molecule has 0 aliphatic carbocycles. The Hall–Kier alpha value is -1.89. The van der Waals surface area contributed by atoms with Crippen LogP contribution in [0.5, 0.6) is 0 Å². The molecular formula is C26H33NO4S2Si2. The van der Waals surface area contributed by atoms with Gasteiger partial charge in [-0.05, 0) is 74.3 Å². The highest BCUT2D eigenvalue weighted by atomic mass is 32.1. The van der Waals surface area contributed by atoms with Crippen LogP contribution in [0.3, 0.4) is 0 Å². The molecule has 1 aliphatic heterocycles. The first kappa shape index (κ1) is 26.2. The Morgan fingerprint density at radius 2 is 1.11 bits per heavy atom. The van der Waals surface area contributed by atoms with Crippen LogP contribution >= 0.6 is 22.7 Å². The second-order valence-corrected chi connectivity index (χ2v) is 21.6. The zero-order chi connectivity index (χ0) is 25.4. The van der Waals surface area contributed by atoms with Gasteiger partial charge in [0.1, 0.15) is 0 Å². The van der Waals surface area contributed by atoms with Gasteiger partial charge in [-0.1, -0.05) is 30.3 Å². The molecule has 1 fully saturated rings. The average Bonchev–Trinajstić information content (AvgIpc) is 3.52. The maximum absolute atomic E-state index is 14.2. The number of para-hydroxylation sites is 1. The third kappa shape index (κ3) is 5.92. The SMILES string of the molecule is C[Si](C)(C)OC(c1cccs1)[C@H]1C(=O)N(c2ccccc2)C(=O)[C@@H]1C(O[Si](C)(C)C)c1cccs1. The van der Waals surface area contributed by atoms with Gasteiger partial charge in [-0.15, -0.1) is 22.7 Å². The maximum atomic E-state index is 14.2. The summed E-state index contributed by atoms with van der Waals surface area (Å²) in [6.45, 7) is 12.7. The Kier molecular flexibility index (Phi) is 7.66. The quantitative estimate of drug-likeness (QED) is 0.213. The summed E-state index contributed by atoms with van der Waals surface area (Å²) in [4.78, 5) is 31.7. The van der Waals surface area contributed by atoms with Crippen LogP contribution in [-0.4, -0.2) is 28.4 Å². The molecule has 35 heavy (non-hydrogen) atoms. The fourth-order valence-corrected chi connectivity index (χ4v) is 8.31. The van der Waals surface area contributed by atoms with E-state index in [9.17, 15) is 9.59 Å². The second-order valence-electron chi connectivity index (χ2n) is 10.7. The van der Waals surface area contributed by atoms with Gasteiger partial charge < -0.3 is 8.85 Å². The largest absolute Gasteiger partial charge is 0.409 e. The lowest BCUT2D eigenvalue weighted by molar-refractivity contribution is -0.127. The third-order valence-corrected chi connectivity index (χ3v) is 9.46. The molecule has 9 heteroatoms. The first-order valence-corrected chi connectivity index (χ1v) is 20.4. The molecule has 3 aromatic rings. The van der Waals surface area contributed by atoms with Crippen molar-refractivity contribution in [2.24, 2.45) is 11.8 Å². The number of hydrogen-bond donors (Lipinski definition) is 0.